The molecule has 1 rings (SSSR count). The lowest BCUT2D eigenvalue weighted by Crippen LogP contribution is -2.41. The second-order valence-electron chi connectivity index (χ2n) is 1.63. The van der Waals surface area contributed by atoms with E-state index in [1.807, 2.05) is 0 Å². The minimum atomic E-state index is -0.557. The van der Waals surface area contributed by atoms with Crippen LogP contribution in [0.5, 0.6) is 0 Å². The van der Waals surface area contributed by atoms with Crippen LogP contribution in [-0.4, -0.2) is 12.2 Å². The fourth-order valence-corrected chi connectivity index (χ4v) is 0.562. The fraction of sp³-hybridized carbons (Fsp3) is 0.250. The summed E-state index contributed by atoms with van der Waals surface area (Å²) in [6.45, 7) is 0. The molecule has 0 aromatic rings. The molecule has 2 amide bonds. The van der Waals surface area contributed by atoms with E-state index in [2.05, 4.69) is 20.7 Å². The van der Waals surface area contributed by atoms with Gasteiger partial charge >= 0.3 is 6.03 Å². The van der Waals surface area contributed by atoms with E-state index < -0.39 is 6.17 Å². The highest BCUT2D eigenvalue weighted by Crippen LogP contribution is 1.92. The predicted molar refractivity (Wildman–Crippen MR) is 33.7 cm³/mol. The van der Waals surface area contributed by atoms with Crippen LogP contribution in [0.15, 0.2) is 17.4 Å². The van der Waals surface area contributed by atoms with Gasteiger partial charge < -0.3 is 10.6 Å². The maximum atomic E-state index is 10.5. The fourth-order valence-electron chi connectivity index (χ4n) is 0.562. The summed E-state index contributed by atoms with van der Waals surface area (Å²) in [6, 6.07) is -0.361. The Bertz CT molecular complexity index is 216. The van der Waals surface area contributed by atoms with Gasteiger partial charge in [0.2, 0.25) is 0 Å². The van der Waals surface area contributed by atoms with E-state index >= 15 is 0 Å². The van der Waals surface area contributed by atoms with Crippen molar-refractivity contribution in [1.82, 2.24) is 10.6 Å². The largest absolute Gasteiger partial charge is 0.326 e. The Hall–Kier alpha value is -1.68. The van der Waals surface area contributed by atoms with Crippen molar-refractivity contribution in [3.8, 4) is 0 Å². The van der Waals surface area contributed by atoms with E-state index in [0.717, 1.165) is 0 Å². The highest BCUT2D eigenvalue weighted by molar-refractivity contribution is 5.76. The molecule has 1 heterocycles. The van der Waals surface area contributed by atoms with Crippen molar-refractivity contribution in [3.05, 3.63) is 22.7 Å². The molecule has 1 unspecified atom stereocenters. The molecule has 0 aliphatic carbocycles. The number of carbonyl (C=O) groups excluding carboxylic acids is 1. The summed E-state index contributed by atoms with van der Waals surface area (Å²) < 4.78 is 0. The molecule has 6 heteroatoms. The van der Waals surface area contributed by atoms with Gasteiger partial charge in [0.05, 0.1) is 0 Å². The van der Waals surface area contributed by atoms with Gasteiger partial charge in [0.25, 0.3) is 0 Å². The van der Waals surface area contributed by atoms with Crippen molar-refractivity contribution in [3.63, 3.8) is 0 Å². The van der Waals surface area contributed by atoms with E-state index in [0.29, 0.717) is 0 Å². The zero-order valence-corrected chi connectivity index (χ0v) is 4.98. The summed E-state index contributed by atoms with van der Waals surface area (Å²) >= 11 is 0. The molecule has 0 saturated carbocycles. The topological polar surface area (TPSA) is 89.9 Å². The minimum absolute atomic E-state index is 0.361. The van der Waals surface area contributed by atoms with Gasteiger partial charge in [-0.25, -0.2) is 4.79 Å². The van der Waals surface area contributed by atoms with Gasteiger partial charge in [0, 0.05) is 11.1 Å². The Morgan fingerprint density at radius 2 is 2.60 bits per heavy atom. The second kappa shape index (κ2) is 2.75. The molecule has 0 bridgehead atoms. The maximum Gasteiger partial charge on any atom is 0.319 e. The summed E-state index contributed by atoms with van der Waals surface area (Å²) in [6.07, 6.45) is 2.41. The SMILES string of the molecule is [N-]=[N+]=NC1C=CNC(=O)N1. The van der Waals surface area contributed by atoms with Crippen molar-refractivity contribution >= 4 is 6.03 Å². The van der Waals surface area contributed by atoms with Gasteiger partial charge in [0.15, 0.2) is 0 Å². The molecule has 0 spiro atoms. The summed E-state index contributed by atoms with van der Waals surface area (Å²) in [7, 11) is 0. The van der Waals surface area contributed by atoms with Crippen LogP contribution >= 0.6 is 0 Å². The van der Waals surface area contributed by atoms with Crippen LogP contribution in [0.3, 0.4) is 0 Å². The Morgan fingerprint density at radius 1 is 1.80 bits per heavy atom. The van der Waals surface area contributed by atoms with Crippen molar-refractivity contribution in [1.29, 1.82) is 0 Å². The average molecular weight is 139 g/mol. The van der Waals surface area contributed by atoms with E-state index in [-0.39, 0.29) is 6.03 Å². The van der Waals surface area contributed by atoms with Gasteiger partial charge in [-0.15, -0.1) is 0 Å². The third kappa shape index (κ3) is 1.40. The number of hydrogen-bond donors (Lipinski definition) is 2. The number of urea groups is 1. The zero-order valence-electron chi connectivity index (χ0n) is 4.98. The van der Waals surface area contributed by atoms with Gasteiger partial charge in [-0.05, 0) is 11.6 Å². The molecule has 0 aromatic carbocycles. The van der Waals surface area contributed by atoms with Crippen LogP contribution in [0, 0.1) is 0 Å². The lowest BCUT2D eigenvalue weighted by Gasteiger charge is -2.12. The van der Waals surface area contributed by atoms with Crippen molar-refractivity contribution < 1.29 is 4.79 Å². The molecule has 0 radical (unpaired) electrons. The summed E-state index contributed by atoms with van der Waals surface area (Å²) in [5, 5.41) is 7.97. The van der Waals surface area contributed by atoms with Crippen LogP contribution < -0.4 is 10.6 Å². The third-order valence-electron chi connectivity index (χ3n) is 0.948. The van der Waals surface area contributed by atoms with Crippen LogP contribution in [0.4, 0.5) is 4.79 Å². The first-order valence-electron chi connectivity index (χ1n) is 2.61. The van der Waals surface area contributed by atoms with Gasteiger partial charge in [-0.2, -0.15) is 0 Å². The monoisotopic (exact) mass is 139 g/mol. The van der Waals surface area contributed by atoms with Crippen LogP contribution in [0.25, 0.3) is 10.4 Å². The molecule has 2 N–H and O–H groups in total. The first kappa shape index (κ1) is 6.44. The first-order valence-corrected chi connectivity index (χ1v) is 2.61. The second-order valence-corrected chi connectivity index (χ2v) is 1.63. The molecule has 0 fully saturated rings. The molecule has 52 valence electrons. The minimum Gasteiger partial charge on any atom is -0.326 e. The molecule has 0 aromatic heterocycles. The summed E-state index contributed by atoms with van der Waals surface area (Å²) in [4.78, 5) is 13.0. The van der Waals surface area contributed by atoms with Crippen molar-refractivity contribution in [2.24, 2.45) is 5.11 Å². The highest BCUT2D eigenvalue weighted by atomic mass is 16.2. The van der Waals surface area contributed by atoms with Crippen LogP contribution in [0.1, 0.15) is 0 Å². The number of carbonyl (C=O) groups is 1. The smallest absolute Gasteiger partial charge is 0.319 e. The number of hydrogen-bond acceptors (Lipinski definition) is 2. The lowest BCUT2D eigenvalue weighted by molar-refractivity contribution is 0.241. The summed E-state index contributed by atoms with van der Waals surface area (Å²) in [5.74, 6) is 0. The average Bonchev–Trinajstić information content (AvgIpc) is 1.88. The molecular formula is C4H5N5O. The lowest BCUT2D eigenvalue weighted by atomic mass is 10.4. The predicted octanol–water partition coefficient (Wildman–Crippen LogP) is 0.449. The first-order chi connectivity index (χ1) is 4.83. The number of rotatable bonds is 1. The molecule has 1 atom stereocenters. The van der Waals surface area contributed by atoms with Gasteiger partial charge in [-0.1, -0.05) is 5.11 Å². The van der Waals surface area contributed by atoms with Crippen LogP contribution in [-0.2, 0) is 0 Å². The van der Waals surface area contributed by atoms with Gasteiger partial charge in [0.1, 0.15) is 6.17 Å². The Balaban J connectivity index is 2.63. The Kier molecular flexibility index (Phi) is 1.77. The quantitative estimate of drug-likeness (QED) is 0.308. The molecule has 1 aliphatic heterocycles. The standard InChI is InChI=1S/C4H5N5O/c5-9-8-3-1-2-6-4(10)7-3/h1-3H,(H2,6,7,10). The maximum absolute atomic E-state index is 10.5. The van der Waals surface area contributed by atoms with Crippen LogP contribution in [0.2, 0.25) is 0 Å². The Morgan fingerprint density at radius 3 is 3.20 bits per heavy atom. The molecule has 1 aliphatic rings. The zero-order chi connectivity index (χ0) is 7.40. The van der Waals surface area contributed by atoms with E-state index in [1.54, 1.807) is 6.08 Å². The number of nitrogens with zero attached hydrogens (tertiary/aromatic N) is 3. The summed E-state index contributed by atoms with van der Waals surface area (Å²) in [5.41, 5.74) is 7.96. The van der Waals surface area contributed by atoms with Crippen molar-refractivity contribution in [2.75, 3.05) is 0 Å². The Labute approximate surface area is 56.5 Å². The normalized spacial score (nSPS) is 22.4. The third-order valence-corrected chi connectivity index (χ3v) is 0.948. The van der Waals surface area contributed by atoms with E-state index in [9.17, 15) is 4.79 Å². The van der Waals surface area contributed by atoms with Gasteiger partial charge in [-0.3, -0.25) is 0 Å². The number of amides is 2. The molecule has 0 saturated heterocycles. The van der Waals surface area contributed by atoms with E-state index in [1.165, 1.54) is 6.20 Å². The number of nitrogens with one attached hydrogen (secondary N) is 2. The van der Waals surface area contributed by atoms with E-state index in [4.69, 9.17) is 5.53 Å². The van der Waals surface area contributed by atoms with Crippen molar-refractivity contribution in [2.45, 2.75) is 6.17 Å². The molecule has 10 heavy (non-hydrogen) atoms. The highest BCUT2D eigenvalue weighted by Gasteiger charge is 2.08. The number of azide groups is 1. The molecular weight excluding hydrogens is 134 g/mol. The molecule has 6 nitrogen and oxygen atoms in total.